The zero-order valence-electron chi connectivity index (χ0n) is 14.5. The first kappa shape index (κ1) is 18.6. The van der Waals surface area contributed by atoms with Crippen LogP contribution in [0.4, 0.5) is 5.69 Å². The van der Waals surface area contributed by atoms with Gasteiger partial charge in [-0.15, -0.1) is 0 Å². The molecule has 0 spiro atoms. The van der Waals surface area contributed by atoms with Crippen LogP contribution in [0.15, 0.2) is 24.3 Å². The molecule has 1 amide bonds. The van der Waals surface area contributed by atoms with E-state index in [1.165, 1.54) is 0 Å². The van der Waals surface area contributed by atoms with Gasteiger partial charge in [-0.05, 0) is 50.7 Å². The number of nitrogens with one attached hydrogen (secondary N) is 3. The minimum Gasteiger partial charge on any atom is -0.373 e. The smallest absolute Gasteiger partial charge is 0.239 e. The van der Waals surface area contributed by atoms with Gasteiger partial charge in [0.05, 0.1) is 12.2 Å². The van der Waals surface area contributed by atoms with Crippen molar-refractivity contribution in [3.63, 3.8) is 0 Å². The molecule has 132 valence electrons. The molecule has 2 atom stereocenters. The van der Waals surface area contributed by atoms with E-state index in [9.17, 15) is 4.79 Å². The molecule has 7 heteroatoms. The summed E-state index contributed by atoms with van der Waals surface area (Å²) < 4.78 is 5.69. The van der Waals surface area contributed by atoms with Gasteiger partial charge in [-0.2, -0.15) is 0 Å². The van der Waals surface area contributed by atoms with Crippen LogP contribution in [0.3, 0.4) is 0 Å². The van der Waals surface area contributed by atoms with Crippen molar-refractivity contribution in [3.05, 3.63) is 29.8 Å². The highest BCUT2D eigenvalue weighted by atomic mass is 32.1. The molecule has 1 aromatic carbocycles. The first-order chi connectivity index (χ1) is 11.4. The monoisotopic (exact) mass is 350 g/mol. The first-order valence-electron chi connectivity index (χ1n) is 8.22. The molecule has 0 radical (unpaired) electrons. The van der Waals surface area contributed by atoms with Gasteiger partial charge in [0.2, 0.25) is 5.91 Å². The fourth-order valence-electron chi connectivity index (χ4n) is 2.80. The van der Waals surface area contributed by atoms with Crippen molar-refractivity contribution in [2.24, 2.45) is 0 Å². The summed E-state index contributed by atoms with van der Waals surface area (Å²) in [7, 11) is 0. The molecule has 3 N–H and O–H groups in total. The number of aryl methyl sites for hydroxylation is 1. The molecule has 6 nitrogen and oxygen atoms in total. The average molecular weight is 350 g/mol. The van der Waals surface area contributed by atoms with Crippen molar-refractivity contribution < 1.29 is 9.53 Å². The molecule has 1 aliphatic rings. The van der Waals surface area contributed by atoms with E-state index in [1.807, 2.05) is 31.2 Å². The molecule has 0 saturated carbocycles. The largest absolute Gasteiger partial charge is 0.373 e. The number of nitrogens with zero attached hydrogens (tertiary/aromatic N) is 1. The summed E-state index contributed by atoms with van der Waals surface area (Å²) in [5.74, 6) is -0.0878. The number of hydrogen-bond acceptors (Lipinski definition) is 4. The molecule has 0 unspecified atom stereocenters. The Bertz CT molecular complexity index is 571. The highest BCUT2D eigenvalue weighted by Crippen LogP contribution is 2.11. The van der Waals surface area contributed by atoms with Crippen LogP contribution in [0.2, 0.25) is 0 Å². The predicted molar refractivity (Wildman–Crippen MR) is 99.7 cm³/mol. The number of hydrogen-bond donors (Lipinski definition) is 3. The van der Waals surface area contributed by atoms with Gasteiger partial charge in [-0.3, -0.25) is 20.5 Å². The number of carbonyl (C=O) groups is 1. The molecular weight excluding hydrogens is 324 g/mol. The molecule has 24 heavy (non-hydrogen) atoms. The van der Waals surface area contributed by atoms with Crippen molar-refractivity contribution in [2.75, 3.05) is 25.0 Å². The zero-order chi connectivity index (χ0) is 17.5. The Morgan fingerprint density at radius 2 is 2.00 bits per heavy atom. The molecule has 1 heterocycles. The highest BCUT2D eigenvalue weighted by molar-refractivity contribution is 7.80. The van der Waals surface area contributed by atoms with Crippen molar-refractivity contribution in [3.8, 4) is 0 Å². The first-order valence-corrected chi connectivity index (χ1v) is 8.63. The third kappa shape index (κ3) is 6.43. The lowest BCUT2D eigenvalue weighted by atomic mass is 10.2. The number of carbonyl (C=O) groups excluding carboxylic acids is 1. The Morgan fingerprint density at radius 3 is 2.67 bits per heavy atom. The van der Waals surface area contributed by atoms with Crippen molar-refractivity contribution in [2.45, 2.75) is 39.4 Å². The third-order valence-electron chi connectivity index (χ3n) is 3.74. The third-order valence-corrected chi connectivity index (χ3v) is 3.95. The number of amides is 1. The number of benzene rings is 1. The number of morpholine rings is 1. The Morgan fingerprint density at radius 1 is 1.29 bits per heavy atom. The fraction of sp³-hybridized carbons (Fsp3) is 0.529. The number of thiocarbonyl (C=S) groups is 1. The van der Waals surface area contributed by atoms with E-state index in [0.717, 1.165) is 24.3 Å². The quantitative estimate of drug-likeness (QED) is 0.569. The zero-order valence-corrected chi connectivity index (χ0v) is 15.3. The van der Waals surface area contributed by atoms with Gasteiger partial charge in [-0.25, -0.2) is 0 Å². The second-order valence-electron chi connectivity index (χ2n) is 6.26. The fourth-order valence-corrected chi connectivity index (χ4v) is 2.97. The van der Waals surface area contributed by atoms with Gasteiger partial charge in [-0.1, -0.05) is 12.1 Å². The van der Waals surface area contributed by atoms with Crippen molar-refractivity contribution >= 4 is 28.9 Å². The lowest BCUT2D eigenvalue weighted by molar-refractivity contribution is -0.123. The second-order valence-corrected chi connectivity index (χ2v) is 6.67. The molecule has 0 aliphatic carbocycles. The van der Waals surface area contributed by atoms with Crippen LogP contribution in [-0.4, -0.2) is 47.8 Å². The summed E-state index contributed by atoms with van der Waals surface area (Å²) in [6, 6.07) is 7.86. The molecule has 2 rings (SSSR count). The normalized spacial score (nSPS) is 21.1. The summed E-state index contributed by atoms with van der Waals surface area (Å²) in [6.45, 7) is 8.55. The van der Waals surface area contributed by atoms with Crippen LogP contribution in [0.5, 0.6) is 0 Å². The van der Waals surface area contributed by atoms with E-state index in [-0.39, 0.29) is 18.1 Å². The Hall–Kier alpha value is -1.70. The predicted octanol–water partition coefficient (Wildman–Crippen LogP) is 1.81. The Labute approximate surface area is 148 Å². The molecule has 0 aromatic heterocycles. The summed E-state index contributed by atoms with van der Waals surface area (Å²) in [5.41, 5.74) is 7.39. The van der Waals surface area contributed by atoms with Gasteiger partial charge in [0.15, 0.2) is 5.11 Å². The van der Waals surface area contributed by atoms with E-state index in [4.69, 9.17) is 17.0 Å². The minimum atomic E-state index is -0.0878. The molecule has 0 bridgehead atoms. The van der Waals surface area contributed by atoms with Crippen molar-refractivity contribution in [1.29, 1.82) is 0 Å². The average Bonchev–Trinajstić information content (AvgIpc) is 2.50. The van der Waals surface area contributed by atoms with Gasteiger partial charge in [0, 0.05) is 31.7 Å². The summed E-state index contributed by atoms with van der Waals surface area (Å²) in [5, 5.41) is 3.40. The van der Waals surface area contributed by atoms with Gasteiger partial charge < -0.3 is 10.1 Å². The SMILES string of the molecule is Cc1cccc(NC(=S)NNC(=O)CCN2C[C@@H](C)O[C@@H](C)C2)c1. The number of rotatable bonds is 4. The van der Waals surface area contributed by atoms with Crippen LogP contribution in [-0.2, 0) is 9.53 Å². The van der Waals surface area contributed by atoms with E-state index in [0.29, 0.717) is 18.1 Å². The van der Waals surface area contributed by atoms with E-state index in [1.54, 1.807) is 0 Å². The van der Waals surface area contributed by atoms with Crippen LogP contribution in [0.25, 0.3) is 0 Å². The maximum Gasteiger partial charge on any atom is 0.239 e. The van der Waals surface area contributed by atoms with Gasteiger partial charge >= 0.3 is 0 Å². The number of hydrazine groups is 1. The Kier molecular flexibility index (Phi) is 6.96. The number of anilines is 1. The lowest BCUT2D eigenvalue weighted by Crippen LogP contribution is -2.48. The molecule has 1 aromatic rings. The van der Waals surface area contributed by atoms with Crippen LogP contribution < -0.4 is 16.2 Å². The summed E-state index contributed by atoms with van der Waals surface area (Å²) in [4.78, 5) is 14.2. The minimum absolute atomic E-state index is 0.0878. The summed E-state index contributed by atoms with van der Waals surface area (Å²) in [6.07, 6.45) is 0.835. The second kappa shape index (κ2) is 8.96. The van der Waals surface area contributed by atoms with Gasteiger partial charge in [0.1, 0.15) is 0 Å². The van der Waals surface area contributed by atoms with Crippen LogP contribution >= 0.6 is 12.2 Å². The maximum absolute atomic E-state index is 11.9. The maximum atomic E-state index is 11.9. The molecule has 1 saturated heterocycles. The topological polar surface area (TPSA) is 65.6 Å². The van der Waals surface area contributed by atoms with E-state index < -0.39 is 0 Å². The molecule has 1 fully saturated rings. The van der Waals surface area contributed by atoms with Crippen LogP contribution in [0, 0.1) is 6.92 Å². The van der Waals surface area contributed by atoms with Crippen LogP contribution in [0.1, 0.15) is 25.8 Å². The highest BCUT2D eigenvalue weighted by Gasteiger charge is 2.22. The number of ether oxygens (including phenoxy) is 1. The van der Waals surface area contributed by atoms with Gasteiger partial charge in [0.25, 0.3) is 0 Å². The van der Waals surface area contributed by atoms with E-state index in [2.05, 4.69) is 34.9 Å². The Balaban J connectivity index is 1.66. The summed E-state index contributed by atoms with van der Waals surface area (Å²) >= 11 is 5.17. The van der Waals surface area contributed by atoms with E-state index >= 15 is 0 Å². The lowest BCUT2D eigenvalue weighted by Gasteiger charge is -2.35. The van der Waals surface area contributed by atoms with Crippen molar-refractivity contribution in [1.82, 2.24) is 15.8 Å². The molecule has 1 aliphatic heterocycles. The molecular formula is C17H26N4O2S. The standard InChI is InChI=1S/C17H26N4O2S/c1-12-5-4-6-15(9-12)18-17(24)20-19-16(22)7-8-21-10-13(2)23-14(3)11-21/h4-6,9,13-14H,7-8,10-11H2,1-3H3,(H,19,22)(H2,18,20,24)/t13-,14+.